The third-order valence-electron chi connectivity index (χ3n) is 2.29. The molecule has 1 aromatic heterocycles. The van der Waals surface area contributed by atoms with Gasteiger partial charge in [-0.05, 0) is 12.8 Å². The number of nitriles is 1. The summed E-state index contributed by atoms with van der Waals surface area (Å²) in [6, 6.07) is 2.07. The van der Waals surface area contributed by atoms with E-state index in [0.29, 0.717) is 31.0 Å². The molecule has 1 heterocycles. The molecule has 1 aromatic rings. The van der Waals surface area contributed by atoms with Gasteiger partial charge in [0.05, 0.1) is 18.9 Å². The first-order valence-corrected chi connectivity index (χ1v) is 6.14. The van der Waals surface area contributed by atoms with Crippen molar-refractivity contribution in [1.29, 1.82) is 5.26 Å². The van der Waals surface area contributed by atoms with Crippen LogP contribution in [0.1, 0.15) is 32.6 Å². The summed E-state index contributed by atoms with van der Waals surface area (Å²) in [6.45, 7) is 3.42. The third-order valence-corrected chi connectivity index (χ3v) is 2.29. The first-order valence-electron chi connectivity index (χ1n) is 6.14. The molecule has 0 fully saturated rings. The lowest BCUT2D eigenvalue weighted by atomic mass is 10.3. The van der Waals surface area contributed by atoms with Gasteiger partial charge in [-0.15, -0.1) is 0 Å². The summed E-state index contributed by atoms with van der Waals surface area (Å²) in [6.07, 6.45) is 4.89. The number of nitrogen functional groups attached to an aromatic ring is 1. The molecule has 3 N–H and O–H groups in total. The summed E-state index contributed by atoms with van der Waals surface area (Å²) < 4.78 is 5.53. The van der Waals surface area contributed by atoms with Crippen LogP contribution in [0.4, 0.5) is 11.8 Å². The van der Waals surface area contributed by atoms with E-state index in [0.717, 1.165) is 19.4 Å². The first-order chi connectivity index (χ1) is 8.77. The Morgan fingerprint density at radius 3 is 3.06 bits per heavy atom. The Morgan fingerprint density at radius 2 is 2.33 bits per heavy atom. The quantitative estimate of drug-likeness (QED) is 0.683. The van der Waals surface area contributed by atoms with Crippen molar-refractivity contribution < 1.29 is 4.74 Å². The van der Waals surface area contributed by atoms with Gasteiger partial charge in [-0.3, -0.25) is 0 Å². The van der Waals surface area contributed by atoms with Gasteiger partial charge in [0.25, 0.3) is 0 Å². The topological polar surface area (TPSA) is 96.8 Å². The largest absolute Gasteiger partial charge is 0.488 e. The smallest absolute Gasteiger partial charge is 0.222 e. The maximum atomic E-state index is 8.44. The summed E-state index contributed by atoms with van der Waals surface area (Å²) in [7, 11) is 0. The summed E-state index contributed by atoms with van der Waals surface area (Å²) in [5.74, 6) is 1.42. The van der Waals surface area contributed by atoms with Gasteiger partial charge in [0, 0.05) is 13.0 Å². The van der Waals surface area contributed by atoms with Gasteiger partial charge in [-0.25, -0.2) is 4.98 Å². The number of ether oxygens (including phenoxy) is 1. The molecular weight excluding hydrogens is 230 g/mol. The fraction of sp³-hybridized carbons (Fsp3) is 0.583. The Kier molecular flexibility index (Phi) is 6.33. The molecule has 0 bridgehead atoms. The molecule has 0 saturated carbocycles. The maximum Gasteiger partial charge on any atom is 0.222 e. The van der Waals surface area contributed by atoms with E-state index in [2.05, 4.69) is 28.3 Å². The lowest BCUT2D eigenvalue weighted by Gasteiger charge is -2.11. The van der Waals surface area contributed by atoms with E-state index >= 15 is 0 Å². The minimum atomic E-state index is 0.221. The van der Waals surface area contributed by atoms with Gasteiger partial charge >= 0.3 is 0 Å². The second-order valence-electron chi connectivity index (χ2n) is 3.83. The summed E-state index contributed by atoms with van der Waals surface area (Å²) >= 11 is 0. The molecular formula is C12H19N5O. The Hall–Kier alpha value is -2.03. The molecule has 0 unspecified atom stereocenters. The van der Waals surface area contributed by atoms with E-state index < -0.39 is 0 Å². The molecule has 0 aliphatic rings. The number of aromatic nitrogens is 2. The number of unbranched alkanes of at least 4 members (excludes halogenated alkanes) is 2. The van der Waals surface area contributed by atoms with Crippen LogP contribution in [0.25, 0.3) is 0 Å². The highest BCUT2D eigenvalue weighted by atomic mass is 16.5. The molecule has 0 radical (unpaired) electrons. The van der Waals surface area contributed by atoms with Crippen molar-refractivity contribution >= 4 is 11.8 Å². The van der Waals surface area contributed by atoms with Crippen LogP contribution in [0, 0.1) is 11.3 Å². The van der Waals surface area contributed by atoms with Crippen LogP contribution in [-0.2, 0) is 0 Å². The first kappa shape index (κ1) is 14.0. The van der Waals surface area contributed by atoms with E-state index in [-0.39, 0.29) is 5.95 Å². The second-order valence-corrected chi connectivity index (χ2v) is 3.83. The number of nitrogens with two attached hydrogens (primary N) is 1. The van der Waals surface area contributed by atoms with Crippen LogP contribution in [0.2, 0.25) is 0 Å². The molecule has 0 amide bonds. The van der Waals surface area contributed by atoms with Crippen LogP contribution in [0.15, 0.2) is 6.20 Å². The van der Waals surface area contributed by atoms with Crippen molar-refractivity contribution in [2.75, 3.05) is 24.2 Å². The lowest BCUT2D eigenvalue weighted by Crippen LogP contribution is -2.09. The molecule has 0 aliphatic heterocycles. The summed E-state index contributed by atoms with van der Waals surface area (Å²) in [4.78, 5) is 8.01. The molecule has 18 heavy (non-hydrogen) atoms. The molecule has 0 aliphatic carbocycles. The van der Waals surface area contributed by atoms with E-state index in [4.69, 9.17) is 15.7 Å². The molecule has 98 valence electrons. The molecule has 1 rings (SSSR count). The van der Waals surface area contributed by atoms with Crippen molar-refractivity contribution in [1.82, 2.24) is 9.97 Å². The minimum Gasteiger partial charge on any atom is -0.488 e. The van der Waals surface area contributed by atoms with Crippen LogP contribution in [0.5, 0.6) is 5.75 Å². The van der Waals surface area contributed by atoms with Gasteiger partial charge in [-0.1, -0.05) is 13.3 Å². The second kappa shape index (κ2) is 8.12. The number of hydrogen-bond donors (Lipinski definition) is 2. The molecule has 0 aromatic carbocycles. The van der Waals surface area contributed by atoms with Crippen molar-refractivity contribution in [2.45, 2.75) is 32.6 Å². The van der Waals surface area contributed by atoms with Crippen LogP contribution >= 0.6 is 0 Å². The van der Waals surface area contributed by atoms with Gasteiger partial charge in [0.15, 0.2) is 11.6 Å². The number of rotatable bonds is 8. The predicted octanol–water partition coefficient (Wildman–Crippen LogP) is 1.95. The highest BCUT2D eigenvalue weighted by molar-refractivity contribution is 5.51. The van der Waals surface area contributed by atoms with Crippen molar-refractivity contribution in [3.63, 3.8) is 0 Å². The van der Waals surface area contributed by atoms with E-state index in [9.17, 15) is 0 Å². The van der Waals surface area contributed by atoms with Crippen molar-refractivity contribution in [3.8, 4) is 11.8 Å². The van der Waals surface area contributed by atoms with E-state index in [1.54, 1.807) is 6.20 Å². The van der Waals surface area contributed by atoms with Gasteiger partial charge in [-0.2, -0.15) is 10.2 Å². The Bertz CT molecular complexity index is 402. The average molecular weight is 249 g/mol. The number of nitrogens with one attached hydrogen (secondary N) is 1. The third kappa shape index (κ3) is 4.87. The van der Waals surface area contributed by atoms with E-state index in [1.165, 1.54) is 0 Å². The molecule has 0 spiro atoms. The number of nitrogens with zero attached hydrogens (tertiary/aromatic N) is 3. The van der Waals surface area contributed by atoms with Crippen molar-refractivity contribution in [2.24, 2.45) is 0 Å². The zero-order valence-electron chi connectivity index (χ0n) is 10.6. The lowest BCUT2D eigenvalue weighted by molar-refractivity contribution is 0.312. The maximum absolute atomic E-state index is 8.44. The van der Waals surface area contributed by atoms with E-state index in [1.807, 2.05) is 0 Å². The van der Waals surface area contributed by atoms with Gasteiger partial charge in [0.1, 0.15) is 0 Å². The minimum absolute atomic E-state index is 0.221. The zero-order chi connectivity index (χ0) is 13.2. The van der Waals surface area contributed by atoms with Crippen molar-refractivity contribution in [3.05, 3.63) is 6.20 Å². The fourth-order valence-corrected chi connectivity index (χ4v) is 1.33. The SMILES string of the molecule is CCCCNc1nc(N)ncc1OCCCC#N. The number of hydrogen-bond acceptors (Lipinski definition) is 6. The summed E-state index contributed by atoms with van der Waals surface area (Å²) in [5.41, 5.74) is 5.55. The Labute approximate surface area is 107 Å². The fourth-order valence-electron chi connectivity index (χ4n) is 1.33. The molecule has 0 atom stereocenters. The zero-order valence-corrected chi connectivity index (χ0v) is 10.6. The monoisotopic (exact) mass is 249 g/mol. The Morgan fingerprint density at radius 1 is 1.50 bits per heavy atom. The summed E-state index contributed by atoms with van der Waals surface area (Å²) in [5, 5.41) is 11.6. The number of anilines is 2. The predicted molar refractivity (Wildman–Crippen MR) is 70.2 cm³/mol. The van der Waals surface area contributed by atoms with Crippen LogP contribution < -0.4 is 15.8 Å². The van der Waals surface area contributed by atoms with Gasteiger partial charge in [0.2, 0.25) is 5.95 Å². The average Bonchev–Trinajstić information content (AvgIpc) is 2.37. The highest BCUT2D eigenvalue weighted by Crippen LogP contribution is 2.21. The normalized spacial score (nSPS) is 9.78. The molecule has 6 heteroatoms. The van der Waals surface area contributed by atoms with Crippen LogP contribution in [0.3, 0.4) is 0 Å². The van der Waals surface area contributed by atoms with Gasteiger partial charge < -0.3 is 15.8 Å². The molecule has 0 saturated heterocycles. The standard InChI is InChI=1S/C12H19N5O/c1-2-3-7-15-11-10(9-16-12(14)17-11)18-8-5-4-6-13/h9H,2-5,7-8H2,1H3,(H3,14,15,16,17). The van der Waals surface area contributed by atoms with Crippen LogP contribution in [-0.4, -0.2) is 23.1 Å². The Balaban J connectivity index is 2.56. The highest BCUT2D eigenvalue weighted by Gasteiger charge is 2.06. The molecule has 6 nitrogen and oxygen atoms in total.